The molecule has 0 aliphatic carbocycles. The number of nitrogen functional groups attached to an aromatic ring is 2. The summed E-state index contributed by atoms with van der Waals surface area (Å²) in [5.41, 5.74) is 12.1. The van der Waals surface area contributed by atoms with Gasteiger partial charge in [0.15, 0.2) is 11.5 Å². The number of ether oxygens (including phenoxy) is 1. The number of anilines is 2. The van der Waals surface area contributed by atoms with Gasteiger partial charge in [0.1, 0.15) is 17.2 Å². The number of nitrogens with zero attached hydrogens (tertiary/aromatic N) is 4. The van der Waals surface area contributed by atoms with Crippen LogP contribution in [0, 0.1) is 0 Å². The zero-order valence-electron chi connectivity index (χ0n) is 9.35. The van der Waals surface area contributed by atoms with E-state index >= 15 is 0 Å². The lowest BCUT2D eigenvalue weighted by atomic mass is 10.5. The summed E-state index contributed by atoms with van der Waals surface area (Å²) < 4.78 is 7.39. The Morgan fingerprint density at radius 1 is 1.50 bits per heavy atom. The number of rotatable bonds is 2. The number of thioether (sulfide) groups is 1. The highest BCUT2D eigenvalue weighted by Gasteiger charge is 2.28. The Kier molecular flexibility index (Phi) is 2.73. The molecule has 0 aromatic carbocycles. The Morgan fingerprint density at radius 3 is 3.06 bits per heavy atom. The van der Waals surface area contributed by atoms with Gasteiger partial charge in [-0.2, -0.15) is 9.97 Å². The molecule has 2 aromatic rings. The number of hydrogen-bond donors (Lipinski definition) is 3. The molecule has 0 saturated carbocycles. The second kappa shape index (κ2) is 4.26. The second-order valence-electron chi connectivity index (χ2n) is 3.83. The fraction of sp³-hybridized carbons (Fsp3) is 0.444. The molecule has 2 atom stereocenters. The average molecular weight is 268 g/mol. The third-order valence-electron chi connectivity index (χ3n) is 2.66. The molecule has 1 saturated heterocycles. The lowest BCUT2D eigenvalue weighted by Gasteiger charge is -2.12. The zero-order chi connectivity index (χ0) is 12.7. The Balaban J connectivity index is 2.03. The van der Waals surface area contributed by atoms with Crippen LogP contribution in [0.4, 0.5) is 11.8 Å². The number of aliphatic hydroxyl groups excluding tert-OH is 1. The third kappa shape index (κ3) is 1.76. The summed E-state index contributed by atoms with van der Waals surface area (Å²) in [6, 6.07) is 0. The smallest absolute Gasteiger partial charge is 0.224 e. The van der Waals surface area contributed by atoms with Crippen LogP contribution in [-0.4, -0.2) is 42.4 Å². The standard InChI is InChI=1S/C9H12N6O2S/c10-7-6-8(14-9(11)13-7)15(3-12-6)4-2-18-5(1-16)17-4/h3-5,16H,1-2H2,(H4,10,11,13,14)/t4-,5+/m1/s1. The predicted molar refractivity (Wildman–Crippen MR) is 67.6 cm³/mol. The summed E-state index contributed by atoms with van der Waals surface area (Å²) in [4.78, 5) is 12.1. The third-order valence-corrected chi connectivity index (χ3v) is 3.77. The minimum Gasteiger partial charge on any atom is -0.393 e. The molecule has 0 unspecified atom stereocenters. The fourth-order valence-electron chi connectivity index (χ4n) is 1.85. The maximum absolute atomic E-state index is 9.05. The van der Waals surface area contributed by atoms with Crippen molar-refractivity contribution in [2.75, 3.05) is 23.8 Å². The SMILES string of the molecule is Nc1nc(N)c2ncn([C@H]3CS[C@@H](CO)O3)c2n1. The first kappa shape index (κ1) is 11.5. The first-order valence-electron chi connectivity index (χ1n) is 5.32. The molecule has 3 rings (SSSR count). The van der Waals surface area contributed by atoms with Gasteiger partial charge >= 0.3 is 0 Å². The molecule has 8 nitrogen and oxygen atoms in total. The monoisotopic (exact) mass is 268 g/mol. The highest BCUT2D eigenvalue weighted by molar-refractivity contribution is 8.00. The van der Waals surface area contributed by atoms with Gasteiger partial charge in [-0.25, -0.2) is 4.98 Å². The Hall–Kier alpha value is -1.58. The van der Waals surface area contributed by atoms with Crippen LogP contribution < -0.4 is 11.5 Å². The summed E-state index contributed by atoms with van der Waals surface area (Å²) in [7, 11) is 0. The molecule has 18 heavy (non-hydrogen) atoms. The van der Waals surface area contributed by atoms with Gasteiger partial charge in [-0.1, -0.05) is 0 Å². The average Bonchev–Trinajstić information content (AvgIpc) is 2.93. The van der Waals surface area contributed by atoms with Crippen molar-refractivity contribution < 1.29 is 9.84 Å². The predicted octanol–water partition coefficient (Wildman–Crippen LogP) is -0.429. The number of nitrogens with two attached hydrogens (primary N) is 2. The van der Waals surface area contributed by atoms with E-state index in [1.54, 1.807) is 10.9 Å². The molecule has 0 amide bonds. The normalized spacial score (nSPS) is 23.8. The van der Waals surface area contributed by atoms with E-state index in [-0.39, 0.29) is 30.0 Å². The number of hydrogen-bond acceptors (Lipinski definition) is 8. The number of imidazole rings is 1. The van der Waals surface area contributed by atoms with E-state index in [0.717, 1.165) is 0 Å². The number of fused-ring (bicyclic) bond motifs is 1. The molecule has 3 heterocycles. The molecular formula is C9H12N6O2S. The van der Waals surface area contributed by atoms with Gasteiger partial charge in [-0.3, -0.25) is 4.57 Å². The molecule has 5 N–H and O–H groups in total. The van der Waals surface area contributed by atoms with E-state index in [4.69, 9.17) is 21.3 Å². The van der Waals surface area contributed by atoms with E-state index in [9.17, 15) is 0 Å². The van der Waals surface area contributed by atoms with Crippen LogP contribution in [0.5, 0.6) is 0 Å². The van der Waals surface area contributed by atoms with Crippen molar-refractivity contribution in [2.24, 2.45) is 0 Å². The molecule has 1 fully saturated rings. The van der Waals surface area contributed by atoms with Gasteiger partial charge in [0.2, 0.25) is 5.95 Å². The van der Waals surface area contributed by atoms with Crippen LogP contribution in [0.1, 0.15) is 6.23 Å². The maximum Gasteiger partial charge on any atom is 0.224 e. The molecule has 0 radical (unpaired) electrons. The summed E-state index contributed by atoms with van der Waals surface area (Å²) >= 11 is 1.54. The van der Waals surface area contributed by atoms with Crippen LogP contribution in [0.3, 0.4) is 0 Å². The van der Waals surface area contributed by atoms with Crippen molar-refractivity contribution in [1.82, 2.24) is 19.5 Å². The molecule has 1 aliphatic rings. The van der Waals surface area contributed by atoms with Crippen LogP contribution in [0.2, 0.25) is 0 Å². The molecule has 9 heteroatoms. The molecular weight excluding hydrogens is 256 g/mol. The Labute approximate surface area is 106 Å². The number of aromatic nitrogens is 4. The minimum atomic E-state index is -0.231. The van der Waals surface area contributed by atoms with E-state index in [0.29, 0.717) is 16.9 Å². The van der Waals surface area contributed by atoms with Gasteiger partial charge in [0.25, 0.3) is 0 Å². The first-order valence-corrected chi connectivity index (χ1v) is 6.37. The van der Waals surface area contributed by atoms with Gasteiger partial charge in [-0.15, -0.1) is 11.8 Å². The zero-order valence-corrected chi connectivity index (χ0v) is 10.2. The Bertz CT molecular complexity index is 588. The van der Waals surface area contributed by atoms with Crippen molar-refractivity contribution in [3.8, 4) is 0 Å². The van der Waals surface area contributed by atoms with Gasteiger partial charge < -0.3 is 21.3 Å². The van der Waals surface area contributed by atoms with Crippen LogP contribution in [0.25, 0.3) is 11.2 Å². The highest BCUT2D eigenvalue weighted by atomic mass is 32.2. The minimum absolute atomic E-state index is 0.0208. The Morgan fingerprint density at radius 2 is 2.33 bits per heavy atom. The topological polar surface area (TPSA) is 125 Å². The quantitative estimate of drug-likeness (QED) is 0.670. The summed E-state index contributed by atoms with van der Waals surface area (Å²) in [6.45, 7) is -0.0208. The van der Waals surface area contributed by atoms with E-state index in [1.807, 2.05) is 0 Å². The lowest BCUT2D eigenvalue weighted by Crippen LogP contribution is -2.14. The van der Waals surface area contributed by atoms with E-state index < -0.39 is 0 Å². The lowest BCUT2D eigenvalue weighted by molar-refractivity contribution is -0.00189. The van der Waals surface area contributed by atoms with Crippen molar-refractivity contribution in [3.63, 3.8) is 0 Å². The summed E-state index contributed by atoms with van der Waals surface area (Å²) in [6.07, 6.45) is 1.37. The summed E-state index contributed by atoms with van der Waals surface area (Å²) in [5.74, 6) is 1.06. The van der Waals surface area contributed by atoms with Crippen LogP contribution >= 0.6 is 11.8 Å². The van der Waals surface area contributed by atoms with Crippen LogP contribution in [-0.2, 0) is 4.74 Å². The van der Waals surface area contributed by atoms with Crippen molar-refractivity contribution in [1.29, 1.82) is 0 Å². The molecule has 96 valence electrons. The van der Waals surface area contributed by atoms with E-state index in [1.165, 1.54) is 11.8 Å². The molecule has 0 bridgehead atoms. The van der Waals surface area contributed by atoms with Crippen molar-refractivity contribution in [2.45, 2.75) is 11.7 Å². The van der Waals surface area contributed by atoms with E-state index in [2.05, 4.69) is 15.0 Å². The second-order valence-corrected chi connectivity index (χ2v) is 5.02. The van der Waals surface area contributed by atoms with Crippen LogP contribution in [0.15, 0.2) is 6.33 Å². The van der Waals surface area contributed by atoms with Crippen molar-refractivity contribution >= 4 is 34.7 Å². The molecule has 0 spiro atoms. The van der Waals surface area contributed by atoms with Crippen molar-refractivity contribution in [3.05, 3.63) is 6.33 Å². The molecule has 1 aliphatic heterocycles. The first-order chi connectivity index (χ1) is 8.69. The molecule has 2 aromatic heterocycles. The highest BCUT2D eigenvalue weighted by Crippen LogP contribution is 2.33. The fourth-order valence-corrected chi connectivity index (χ4v) is 2.78. The van der Waals surface area contributed by atoms with Gasteiger partial charge in [0, 0.05) is 5.75 Å². The largest absolute Gasteiger partial charge is 0.393 e. The van der Waals surface area contributed by atoms with Gasteiger partial charge in [0.05, 0.1) is 12.9 Å². The summed E-state index contributed by atoms with van der Waals surface area (Å²) in [5, 5.41) is 9.05. The maximum atomic E-state index is 9.05. The van der Waals surface area contributed by atoms with Gasteiger partial charge in [-0.05, 0) is 0 Å². The number of aliphatic hydroxyl groups is 1.